The summed E-state index contributed by atoms with van der Waals surface area (Å²) in [7, 11) is 0. The van der Waals surface area contributed by atoms with Crippen molar-refractivity contribution in [2.45, 2.75) is 78.9 Å². The molecule has 0 spiro atoms. The summed E-state index contributed by atoms with van der Waals surface area (Å²) < 4.78 is 16.1. The van der Waals surface area contributed by atoms with Gasteiger partial charge in [0, 0.05) is 13.2 Å². The molecule has 2 aliphatic rings. The van der Waals surface area contributed by atoms with E-state index >= 15 is 0 Å². The molecule has 0 saturated carbocycles. The van der Waals surface area contributed by atoms with Crippen molar-refractivity contribution in [1.82, 2.24) is 0 Å². The van der Waals surface area contributed by atoms with E-state index in [-0.39, 0.29) is 18.0 Å². The molecular formula is C19H36O4. The highest BCUT2D eigenvalue weighted by atomic mass is 16.6. The monoisotopic (exact) mass is 328 g/mol. The molecule has 23 heavy (non-hydrogen) atoms. The van der Waals surface area contributed by atoms with Gasteiger partial charge >= 0.3 is 5.97 Å². The van der Waals surface area contributed by atoms with Crippen LogP contribution in [0.2, 0.25) is 0 Å². The van der Waals surface area contributed by atoms with Gasteiger partial charge in [0.1, 0.15) is 6.61 Å². The third kappa shape index (κ3) is 11.3. The van der Waals surface area contributed by atoms with Crippen molar-refractivity contribution in [1.29, 1.82) is 0 Å². The minimum absolute atomic E-state index is 0.0348. The van der Waals surface area contributed by atoms with Gasteiger partial charge in [-0.3, -0.25) is 4.79 Å². The van der Waals surface area contributed by atoms with E-state index in [2.05, 4.69) is 20.8 Å². The van der Waals surface area contributed by atoms with Crippen LogP contribution < -0.4 is 0 Å². The smallest absolute Gasteiger partial charge is 0.309 e. The van der Waals surface area contributed by atoms with Crippen LogP contribution in [0.25, 0.3) is 0 Å². The van der Waals surface area contributed by atoms with Crippen molar-refractivity contribution in [3.05, 3.63) is 12.2 Å². The summed E-state index contributed by atoms with van der Waals surface area (Å²) in [5.74, 6) is -0.0426. The van der Waals surface area contributed by atoms with Gasteiger partial charge < -0.3 is 14.2 Å². The van der Waals surface area contributed by atoms with E-state index in [4.69, 9.17) is 14.2 Å². The van der Waals surface area contributed by atoms with Crippen LogP contribution in [-0.4, -0.2) is 38.0 Å². The van der Waals surface area contributed by atoms with Gasteiger partial charge in [0.15, 0.2) is 0 Å². The summed E-state index contributed by atoms with van der Waals surface area (Å²) in [6.45, 7) is 12.1. The van der Waals surface area contributed by atoms with Crippen molar-refractivity contribution in [2.75, 3.05) is 19.8 Å². The highest BCUT2D eigenvalue weighted by Crippen LogP contribution is 2.21. The predicted molar refractivity (Wildman–Crippen MR) is 94.5 cm³/mol. The molecule has 136 valence electrons. The molecule has 2 heterocycles. The summed E-state index contributed by atoms with van der Waals surface area (Å²) in [6.07, 6.45) is 9.33. The van der Waals surface area contributed by atoms with E-state index in [9.17, 15) is 4.79 Å². The zero-order chi connectivity index (χ0) is 17.5. The SMILES string of the molecule is C/C=C\C.CC1CCC(COC(=O)C2CCOCC2)O1.CCC. The molecule has 0 aromatic heterocycles. The molecule has 0 aromatic rings. The lowest BCUT2D eigenvalue weighted by Gasteiger charge is -2.21. The number of hydrogen-bond donors (Lipinski definition) is 0. The lowest BCUT2D eigenvalue weighted by Crippen LogP contribution is -2.28. The molecular weight excluding hydrogens is 292 g/mol. The average Bonchev–Trinajstić information content (AvgIpc) is 3.00. The molecule has 4 nitrogen and oxygen atoms in total. The Kier molecular flexibility index (Phi) is 14.1. The summed E-state index contributed by atoms with van der Waals surface area (Å²) >= 11 is 0. The number of hydrogen-bond acceptors (Lipinski definition) is 4. The van der Waals surface area contributed by atoms with E-state index in [0.29, 0.717) is 25.9 Å². The van der Waals surface area contributed by atoms with Crippen LogP contribution in [0.15, 0.2) is 12.2 Å². The summed E-state index contributed by atoms with van der Waals surface area (Å²) in [5.41, 5.74) is 0. The molecule has 2 rings (SSSR count). The zero-order valence-electron chi connectivity index (χ0n) is 15.7. The molecule has 2 saturated heterocycles. The van der Waals surface area contributed by atoms with E-state index in [1.807, 2.05) is 26.0 Å². The number of esters is 1. The van der Waals surface area contributed by atoms with Gasteiger partial charge in [0.25, 0.3) is 0 Å². The van der Waals surface area contributed by atoms with Crippen molar-refractivity contribution >= 4 is 5.97 Å². The minimum atomic E-state index is -0.0774. The minimum Gasteiger partial charge on any atom is -0.463 e. The number of carbonyl (C=O) groups excluding carboxylic acids is 1. The maximum Gasteiger partial charge on any atom is 0.309 e. The number of rotatable bonds is 3. The van der Waals surface area contributed by atoms with Crippen LogP contribution >= 0.6 is 0 Å². The van der Waals surface area contributed by atoms with Crippen LogP contribution in [0.1, 0.15) is 66.7 Å². The van der Waals surface area contributed by atoms with Gasteiger partial charge in [-0.25, -0.2) is 0 Å². The van der Waals surface area contributed by atoms with E-state index in [1.54, 1.807) is 0 Å². The maximum atomic E-state index is 11.7. The predicted octanol–water partition coefficient (Wildman–Crippen LogP) is 4.52. The largest absolute Gasteiger partial charge is 0.463 e. The van der Waals surface area contributed by atoms with Gasteiger partial charge in [0.05, 0.1) is 18.1 Å². The molecule has 0 aliphatic carbocycles. The van der Waals surface area contributed by atoms with Crippen molar-refractivity contribution in [3.63, 3.8) is 0 Å². The Morgan fingerprint density at radius 3 is 2.09 bits per heavy atom. The van der Waals surface area contributed by atoms with Gasteiger partial charge in [0.2, 0.25) is 0 Å². The Hall–Kier alpha value is -0.870. The Bertz CT molecular complexity index is 304. The van der Waals surface area contributed by atoms with Crippen LogP contribution in [0, 0.1) is 5.92 Å². The molecule has 0 bridgehead atoms. The fraction of sp³-hybridized carbons (Fsp3) is 0.842. The Balaban J connectivity index is 0.000000591. The van der Waals surface area contributed by atoms with Gasteiger partial charge in [-0.05, 0) is 46.5 Å². The fourth-order valence-corrected chi connectivity index (χ4v) is 2.23. The van der Waals surface area contributed by atoms with Crippen molar-refractivity contribution in [2.24, 2.45) is 5.92 Å². The molecule has 2 unspecified atom stereocenters. The second-order valence-electron chi connectivity index (χ2n) is 6.04. The summed E-state index contributed by atoms with van der Waals surface area (Å²) in [4.78, 5) is 11.7. The number of carbonyl (C=O) groups is 1. The third-order valence-electron chi connectivity index (χ3n) is 3.62. The molecule has 0 N–H and O–H groups in total. The molecule has 0 amide bonds. The molecule has 4 heteroatoms. The topological polar surface area (TPSA) is 44.8 Å². The number of allylic oxidation sites excluding steroid dienone is 2. The highest BCUT2D eigenvalue weighted by molar-refractivity contribution is 5.72. The van der Waals surface area contributed by atoms with Gasteiger partial charge in [-0.2, -0.15) is 0 Å². The average molecular weight is 328 g/mol. The lowest BCUT2D eigenvalue weighted by molar-refractivity contribution is -0.155. The second-order valence-corrected chi connectivity index (χ2v) is 6.04. The first-order valence-corrected chi connectivity index (χ1v) is 9.06. The molecule has 0 radical (unpaired) electrons. The fourth-order valence-electron chi connectivity index (χ4n) is 2.23. The van der Waals surface area contributed by atoms with E-state index < -0.39 is 0 Å². The standard InChI is InChI=1S/C12H20O4.C4H8.C3H8/c1-9-2-3-11(16-9)8-15-12(13)10-4-6-14-7-5-10;1-3-4-2;1-3-2/h9-11H,2-8H2,1H3;3-4H,1-2H3;3H2,1-2H3/b;4-3-;. The zero-order valence-corrected chi connectivity index (χ0v) is 15.7. The first-order chi connectivity index (χ1) is 11.1. The second kappa shape index (κ2) is 14.7. The van der Waals surface area contributed by atoms with Crippen molar-refractivity contribution < 1.29 is 19.0 Å². The quantitative estimate of drug-likeness (QED) is 0.564. The first kappa shape index (κ1) is 22.1. The highest BCUT2D eigenvalue weighted by Gasteiger charge is 2.26. The third-order valence-corrected chi connectivity index (χ3v) is 3.62. The molecule has 2 aliphatic heterocycles. The van der Waals surface area contributed by atoms with E-state index in [1.165, 1.54) is 6.42 Å². The molecule has 2 fully saturated rings. The molecule has 2 atom stereocenters. The van der Waals surface area contributed by atoms with E-state index in [0.717, 1.165) is 25.7 Å². The normalized spacial score (nSPS) is 24.4. The van der Waals surface area contributed by atoms with Gasteiger partial charge in [-0.15, -0.1) is 0 Å². The van der Waals surface area contributed by atoms with Gasteiger partial charge in [-0.1, -0.05) is 32.4 Å². The van der Waals surface area contributed by atoms with Crippen LogP contribution in [-0.2, 0) is 19.0 Å². The summed E-state index contributed by atoms with van der Waals surface area (Å²) in [5, 5.41) is 0. The van der Waals surface area contributed by atoms with Crippen molar-refractivity contribution in [3.8, 4) is 0 Å². The Morgan fingerprint density at radius 2 is 1.65 bits per heavy atom. The van der Waals surface area contributed by atoms with Crippen LogP contribution in [0.4, 0.5) is 0 Å². The molecule has 0 aromatic carbocycles. The first-order valence-electron chi connectivity index (χ1n) is 9.06. The number of ether oxygens (including phenoxy) is 3. The van der Waals surface area contributed by atoms with Crippen LogP contribution in [0.3, 0.4) is 0 Å². The van der Waals surface area contributed by atoms with Crippen LogP contribution in [0.5, 0.6) is 0 Å². The summed E-state index contributed by atoms with van der Waals surface area (Å²) in [6, 6.07) is 0. The maximum absolute atomic E-state index is 11.7. The lowest BCUT2D eigenvalue weighted by atomic mass is 10.0. The Labute approximate surface area is 142 Å². The Morgan fingerprint density at radius 1 is 1.09 bits per heavy atom.